The number of methoxy groups -OCH3 is 1. The number of benzene rings is 1. The number of nitrogens with zero attached hydrogens (tertiary/aromatic N) is 3. The van der Waals surface area contributed by atoms with Crippen LogP contribution in [0, 0.1) is 12.7 Å². The van der Waals surface area contributed by atoms with E-state index in [1.165, 1.54) is 25.6 Å². The maximum Gasteiger partial charge on any atom is 0.349 e. The van der Waals surface area contributed by atoms with Crippen molar-refractivity contribution in [1.29, 1.82) is 0 Å². The molecule has 0 atom stereocenters. The van der Waals surface area contributed by atoms with Crippen LogP contribution in [0.5, 0.6) is 11.5 Å². The molecule has 0 fully saturated rings. The van der Waals surface area contributed by atoms with E-state index in [0.29, 0.717) is 47.6 Å². The van der Waals surface area contributed by atoms with Gasteiger partial charge in [0.1, 0.15) is 29.5 Å². The zero-order valence-electron chi connectivity index (χ0n) is 19.1. The Morgan fingerprint density at radius 3 is 2.76 bits per heavy atom. The van der Waals surface area contributed by atoms with Crippen LogP contribution in [0.25, 0.3) is 21.5 Å². The molecular weight excluding hydrogens is 459 g/mol. The van der Waals surface area contributed by atoms with Crippen molar-refractivity contribution < 1.29 is 23.8 Å². The number of thiophene rings is 1. The van der Waals surface area contributed by atoms with Crippen LogP contribution in [0.4, 0.5) is 10.2 Å². The summed E-state index contributed by atoms with van der Waals surface area (Å²) in [5.74, 6) is 0.0710. The topological polar surface area (TPSA) is 98.5 Å². The van der Waals surface area contributed by atoms with Crippen molar-refractivity contribution in [3.63, 3.8) is 0 Å². The zero-order chi connectivity index (χ0) is 24.2. The number of rotatable bonds is 10. The van der Waals surface area contributed by atoms with Gasteiger partial charge in [0.2, 0.25) is 0 Å². The number of anilines is 1. The smallest absolute Gasteiger partial charge is 0.349 e. The molecular formula is C24H25FN4O4S. The standard InChI is InChI=1S/C24H25FN4O4S/c1-4-7-33-20-12-21(34-23(20)24(30)31)17-11-22(28-13-27-17)26-5-6-29-14(2)8-16-18(29)9-15(25)10-19(16)32-3/h8-13H,4-7H2,1-3H3,(H,30,31)(H,26,27,28). The van der Waals surface area contributed by atoms with Crippen LogP contribution in [0.1, 0.15) is 28.7 Å². The van der Waals surface area contributed by atoms with Gasteiger partial charge in [0.25, 0.3) is 0 Å². The molecule has 0 aliphatic carbocycles. The van der Waals surface area contributed by atoms with Gasteiger partial charge in [0.05, 0.1) is 29.8 Å². The van der Waals surface area contributed by atoms with Gasteiger partial charge in [-0.1, -0.05) is 6.92 Å². The number of hydrogen-bond acceptors (Lipinski definition) is 7. The fourth-order valence-electron chi connectivity index (χ4n) is 3.74. The summed E-state index contributed by atoms with van der Waals surface area (Å²) in [6.07, 6.45) is 2.21. The van der Waals surface area contributed by atoms with E-state index in [-0.39, 0.29) is 10.7 Å². The molecule has 0 saturated carbocycles. The largest absolute Gasteiger partial charge is 0.496 e. The molecule has 0 unspecified atom stereocenters. The third kappa shape index (κ3) is 4.81. The van der Waals surface area contributed by atoms with Crippen molar-refractivity contribution in [3.05, 3.63) is 53.0 Å². The highest BCUT2D eigenvalue weighted by Gasteiger charge is 2.19. The molecule has 0 amide bonds. The Bertz CT molecular complexity index is 1330. The summed E-state index contributed by atoms with van der Waals surface area (Å²) in [6, 6.07) is 8.33. The lowest BCUT2D eigenvalue weighted by Gasteiger charge is -2.11. The van der Waals surface area contributed by atoms with Crippen LogP contribution < -0.4 is 14.8 Å². The highest BCUT2D eigenvalue weighted by Crippen LogP contribution is 2.36. The molecule has 0 radical (unpaired) electrons. The SMILES string of the molecule is CCCOc1cc(-c2cc(NCCn3c(C)cc4c(OC)cc(F)cc43)ncn2)sc1C(=O)O. The molecule has 0 bridgehead atoms. The van der Waals surface area contributed by atoms with E-state index >= 15 is 0 Å². The van der Waals surface area contributed by atoms with E-state index in [4.69, 9.17) is 9.47 Å². The lowest BCUT2D eigenvalue weighted by molar-refractivity contribution is 0.0698. The minimum absolute atomic E-state index is 0.147. The average molecular weight is 485 g/mol. The van der Waals surface area contributed by atoms with E-state index in [2.05, 4.69) is 15.3 Å². The Balaban J connectivity index is 1.51. The molecule has 0 aliphatic rings. The fraction of sp³-hybridized carbons (Fsp3) is 0.292. The van der Waals surface area contributed by atoms with Crippen LogP contribution in [-0.2, 0) is 6.54 Å². The number of carboxylic acid groups (broad SMARTS) is 1. The lowest BCUT2D eigenvalue weighted by Crippen LogP contribution is -2.12. The molecule has 4 aromatic rings. The van der Waals surface area contributed by atoms with Gasteiger partial charge in [-0.05, 0) is 25.5 Å². The van der Waals surface area contributed by atoms with Gasteiger partial charge in [-0.25, -0.2) is 19.2 Å². The normalized spacial score (nSPS) is 11.1. The quantitative estimate of drug-likeness (QED) is 0.319. The Kier molecular flexibility index (Phi) is 6.97. The van der Waals surface area contributed by atoms with Gasteiger partial charge in [-0.15, -0.1) is 11.3 Å². The summed E-state index contributed by atoms with van der Waals surface area (Å²) in [7, 11) is 1.53. The van der Waals surface area contributed by atoms with E-state index in [0.717, 1.165) is 34.4 Å². The van der Waals surface area contributed by atoms with Gasteiger partial charge < -0.3 is 24.5 Å². The monoisotopic (exact) mass is 484 g/mol. The number of aromatic carboxylic acids is 1. The molecule has 2 N–H and O–H groups in total. The maximum atomic E-state index is 14.0. The third-order valence-electron chi connectivity index (χ3n) is 5.29. The maximum absolute atomic E-state index is 14.0. The van der Waals surface area contributed by atoms with E-state index in [1.54, 1.807) is 12.1 Å². The molecule has 1 aromatic carbocycles. The number of aryl methyl sites for hydroxylation is 1. The first-order valence-electron chi connectivity index (χ1n) is 10.8. The second-order valence-corrected chi connectivity index (χ2v) is 8.70. The van der Waals surface area contributed by atoms with E-state index in [1.807, 2.05) is 24.5 Å². The summed E-state index contributed by atoms with van der Waals surface area (Å²) in [5.41, 5.74) is 2.35. The summed E-state index contributed by atoms with van der Waals surface area (Å²) < 4.78 is 27.0. The number of halogens is 1. The number of ether oxygens (including phenoxy) is 2. The van der Waals surface area contributed by atoms with Crippen LogP contribution in [0.2, 0.25) is 0 Å². The predicted molar refractivity (Wildman–Crippen MR) is 130 cm³/mol. The van der Waals surface area contributed by atoms with Crippen LogP contribution in [0.3, 0.4) is 0 Å². The average Bonchev–Trinajstić information content (AvgIpc) is 3.39. The molecule has 0 saturated heterocycles. The minimum atomic E-state index is -1.03. The van der Waals surface area contributed by atoms with E-state index < -0.39 is 5.97 Å². The molecule has 8 nitrogen and oxygen atoms in total. The first-order chi connectivity index (χ1) is 16.4. The molecule has 0 spiro atoms. The highest BCUT2D eigenvalue weighted by molar-refractivity contribution is 7.17. The van der Waals surface area contributed by atoms with Crippen molar-refractivity contribution in [1.82, 2.24) is 14.5 Å². The minimum Gasteiger partial charge on any atom is -0.496 e. The summed E-state index contributed by atoms with van der Waals surface area (Å²) >= 11 is 1.12. The highest BCUT2D eigenvalue weighted by atomic mass is 32.1. The van der Waals surface area contributed by atoms with Crippen molar-refractivity contribution in [2.45, 2.75) is 26.8 Å². The molecule has 3 aromatic heterocycles. The molecule has 3 heterocycles. The lowest BCUT2D eigenvalue weighted by atomic mass is 10.2. The third-order valence-corrected chi connectivity index (χ3v) is 6.42. The number of carbonyl (C=O) groups is 1. The number of aromatic nitrogens is 3. The summed E-state index contributed by atoms with van der Waals surface area (Å²) in [6.45, 7) is 5.49. The molecule has 10 heteroatoms. The Morgan fingerprint density at radius 2 is 2.03 bits per heavy atom. The molecule has 4 rings (SSSR count). The first-order valence-corrected chi connectivity index (χ1v) is 11.6. The zero-order valence-corrected chi connectivity index (χ0v) is 19.9. The first kappa shape index (κ1) is 23.5. The number of nitrogens with one attached hydrogen (secondary N) is 1. The number of carboxylic acids is 1. The van der Waals surface area contributed by atoms with Gasteiger partial charge >= 0.3 is 5.97 Å². The Morgan fingerprint density at radius 1 is 1.21 bits per heavy atom. The van der Waals surface area contributed by atoms with Gasteiger partial charge in [-0.3, -0.25) is 0 Å². The summed E-state index contributed by atoms with van der Waals surface area (Å²) in [4.78, 5) is 21.0. The van der Waals surface area contributed by atoms with Crippen molar-refractivity contribution in [3.8, 4) is 22.1 Å². The van der Waals surface area contributed by atoms with Crippen LogP contribution in [-0.4, -0.2) is 45.9 Å². The second kappa shape index (κ2) is 10.1. The van der Waals surface area contributed by atoms with Crippen molar-refractivity contribution >= 4 is 34.0 Å². The van der Waals surface area contributed by atoms with E-state index in [9.17, 15) is 14.3 Å². The molecule has 34 heavy (non-hydrogen) atoms. The van der Waals surface area contributed by atoms with Crippen molar-refractivity contribution in [2.75, 3.05) is 25.6 Å². The van der Waals surface area contributed by atoms with Crippen LogP contribution in [0.15, 0.2) is 36.7 Å². The molecule has 0 aliphatic heterocycles. The predicted octanol–water partition coefficient (Wildman–Crippen LogP) is 5.22. The van der Waals surface area contributed by atoms with Gasteiger partial charge in [0, 0.05) is 42.4 Å². The number of hydrogen-bond donors (Lipinski definition) is 2. The van der Waals surface area contributed by atoms with Gasteiger partial charge in [-0.2, -0.15) is 0 Å². The van der Waals surface area contributed by atoms with Gasteiger partial charge in [0.15, 0.2) is 4.88 Å². The summed E-state index contributed by atoms with van der Waals surface area (Å²) in [5, 5.41) is 13.6. The van der Waals surface area contributed by atoms with Crippen LogP contribution >= 0.6 is 11.3 Å². The second-order valence-electron chi connectivity index (χ2n) is 7.65. The molecule has 178 valence electrons. The Hall–Kier alpha value is -3.66. The van der Waals surface area contributed by atoms with Crippen molar-refractivity contribution in [2.24, 2.45) is 0 Å². The fourth-order valence-corrected chi connectivity index (χ4v) is 4.65. The Labute approximate surface area is 200 Å². The number of fused-ring (bicyclic) bond motifs is 1.